The van der Waals surface area contributed by atoms with Crippen molar-refractivity contribution in [3.05, 3.63) is 93.7 Å². The quantitative estimate of drug-likeness (QED) is 0.0567. The van der Waals surface area contributed by atoms with Crippen LogP contribution in [0.15, 0.2) is 61.2 Å². The van der Waals surface area contributed by atoms with Gasteiger partial charge < -0.3 is 28.7 Å². The topological polar surface area (TPSA) is 149 Å². The fourth-order valence-corrected chi connectivity index (χ4v) is 8.58. The van der Waals surface area contributed by atoms with E-state index in [1.807, 2.05) is 0 Å². The van der Waals surface area contributed by atoms with E-state index in [0.717, 1.165) is 64.6 Å². The van der Waals surface area contributed by atoms with Crippen molar-refractivity contribution in [2.24, 2.45) is 14.1 Å². The average Bonchev–Trinajstić information content (AvgIpc) is 2.13. The molecular formula is C47H40Cl2F18N10O6. The standard InChI is InChI=1S/C24H21ClF9N5O3.C23H19ClF9N5O3/c1-3-41-11-38(14-5-6-14)20(40)15-8-12(4-7-16(15)25)13-9-35-39(10-13)19-17(42-21(26)27)18(36-37(19)2)22(28,23(29,30)31)24(32,33)34;1-36-18(16(41-20(25)26)17(35-36)21(27,22(28,29)30)23(31,32)33)38-9-12(8-34-38)11-3-6-15(24)14(7-11)19(39)37(10-40-2)13-4-5-13/h4,7-10,14,21H,3,5-6,11H2,1-2H3;3,6-9,13,20H,4-5,10H2,1-2H3. The number of methoxy groups -OCH3 is 1. The summed E-state index contributed by atoms with van der Waals surface area (Å²) in [5.74, 6) is -6.51. The van der Waals surface area contributed by atoms with Crippen LogP contribution in [-0.4, -0.2) is 138 Å². The Kier molecular flexibility index (Phi) is 18.1. The van der Waals surface area contributed by atoms with Gasteiger partial charge >= 0.3 is 49.3 Å². The maximum absolute atomic E-state index is 14.9. The van der Waals surface area contributed by atoms with Gasteiger partial charge in [-0.3, -0.25) is 9.59 Å². The predicted octanol–water partition coefficient (Wildman–Crippen LogP) is 12.4. The zero-order valence-corrected chi connectivity index (χ0v) is 44.0. The number of rotatable bonds is 19. The molecular weight excluding hydrogens is 1210 g/mol. The van der Waals surface area contributed by atoms with Crippen LogP contribution in [0.25, 0.3) is 33.9 Å². The van der Waals surface area contributed by atoms with Gasteiger partial charge in [-0.15, -0.1) is 0 Å². The summed E-state index contributed by atoms with van der Waals surface area (Å²) in [6.07, 6.45) is -19.3. The van der Waals surface area contributed by atoms with Gasteiger partial charge in [0.2, 0.25) is 0 Å². The van der Waals surface area contributed by atoms with Gasteiger partial charge in [-0.1, -0.05) is 35.3 Å². The third-order valence-electron chi connectivity index (χ3n) is 12.4. The predicted molar refractivity (Wildman–Crippen MR) is 251 cm³/mol. The third kappa shape index (κ3) is 12.6. The van der Waals surface area contributed by atoms with Crippen LogP contribution in [0.2, 0.25) is 10.0 Å². The van der Waals surface area contributed by atoms with E-state index in [0.29, 0.717) is 16.0 Å². The minimum Gasteiger partial charge on any atom is -0.429 e. The average molecular weight is 1250 g/mol. The number of carbonyl (C=O) groups excluding carboxylic acids is 2. The van der Waals surface area contributed by atoms with Crippen LogP contribution in [0, 0.1) is 0 Å². The first-order chi connectivity index (χ1) is 38.5. The Balaban J connectivity index is 0.000000239. The molecule has 4 aromatic heterocycles. The summed E-state index contributed by atoms with van der Waals surface area (Å²) in [5.41, 5.74) is -16.4. The van der Waals surface area contributed by atoms with Gasteiger partial charge in [0.05, 0.1) is 33.6 Å². The minimum absolute atomic E-state index is 0.0103. The summed E-state index contributed by atoms with van der Waals surface area (Å²) in [6, 6.07) is 8.27. The zero-order chi connectivity index (χ0) is 61.7. The van der Waals surface area contributed by atoms with Crippen molar-refractivity contribution in [1.82, 2.24) is 48.9 Å². The summed E-state index contributed by atoms with van der Waals surface area (Å²) in [6.45, 7) is -5.80. The second-order valence-electron chi connectivity index (χ2n) is 18.1. The summed E-state index contributed by atoms with van der Waals surface area (Å²) in [5, 5.41) is 13.7. The fourth-order valence-electron chi connectivity index (χ4n) is 8.18. The minimum atomic E-state index is -6.64. The molecule has 0 spiro atoms. The van der Waals surface area contributed by atoms with Gasteiger partial charge in [0.25, 0.3) is 11.8 Å². The molecule has 2 aromatic carbocycles. The van der Waals surface area contributed by atoms with E-state index < -0.39 is 95.6 Å². The van der Waals surface area contributed by atoms with E-state index in [2.05, 4.69) is 29.9 Å². The van der Waals surface area contributed by atoms with E-state index in [9.17, 15) is 88.6 Å². The molecule has 0 radical (unpaired) electrons. The molecule has 0 aliphatic heterocycles. The summed E-state index contributed by atoms with van der Waals surface area (Å²) < 4.78 is 263. The fraction of sp³-hybridized carbons (Fsp3) is 0.447. The smallest absolute Gasteiger partial charge is 0.429 e. The van der Waals surface area contributed by atoms with Gasteiger partial charge in [-0.25, -0.2) is 27.5 Å². The van der Waals surface area contributed by atoms with Crippen molar-refractivity contribution >= 4 is 35.0 Å². The SMILES string of the molecule is CCOCN(C(=O)c1cc(-c2cnn(-c3c(OC(F)F)c(C(F)(C(F)(F)F)C(F)(F)F)nn3C)c2)ccc1Cl)C1CC1.COCN(C(=O)c1cc(-c2cnn(-c3c(OC(F)F)c(C(F)(C(F)(F)F)C(F)(F)F)nn3C)c2)ccc1Cl)C1CC1. The Morgan fingerprint density at radius 3 is 1.24 bits per heavy atom. The zero-order valence-electron chi connectivity index (χ0n) is 42.5. The van der Waals surface area contributed by atoms with E-state index in [1.54, 1.807) is 6.92 Å². The second-order valence-corrected chi connectivity index (χ2v) is 18.9. The number of amides is 2. The molecule has 6 aromatic rings. The maximum atomic E-state index is 14.9. The summed E-state index contributed by atoms with van der Waals surface area (Å²) in [7, 11) is 2.98. The van der Waals surface area contributed by atoms with Crippen LogP contribution in [0.4, 0.5) is 79.0 Å². The highest BCUT2D eigenvalue weighted by Crippen LogP contribution is 2.57. The lowest BCUT2D eigenvalue weighted by Gasteiger charge is -2.28. The number of hydrogen-bond donors (Lipinski definition) is 0. The molecule has 0 bridgehead atoms. The number of carbonyl (C=O) groups is 2. The number of aryl methyl sites for hydroxylation is 2. The lowest BCUT2D eigenvalue weighted by atomic mass is 9.99. The highest BCUT2D eigenvalue weighted by atomic mass is 35.5. The monoisotopic (exact) mass is 1250 g/mol. The number of aromatic nitrogens is 8. The molecule has 4 heterocycles. The summed E-state index contributed by atoms with van der Waals surface area (Å²) in [4.78, 5) is 29.3. The molecule has 2 fully saturated rings. The van der Waals surface area contributed by atoms with E-state index >= 15 is 0 Å². The Morgan fingerprint density at radius 2 is 0.940 bits per heavy atom. The molecule has 8 rings (SSSR count). The van der Waals surface area contributed by atoms with Gasteiger partial charge in [-0.2, -0.15) is 90.6 Å². The number of alkyl halides is 18. The van der Waals surface area contributed by atoms with E-state index in [1.165, 1.54) is 53.3 Å². The molecule has 16 nitrogen and oxygen atoms in total. The molecule has 2 amide bonds. The Morgan fingerprint density at radius 1 is 0.590 bits per heavy atom. The van der Waals surface area contributed by atoms with Gasteiger partial charge in [0, 0.05) is 63.4 Å². The van der Waals surface area contributed by atoms with Crippen LogP contribution in [0.1, 0.15) is 64.7 Å². The van der Waals surface area contributed by atoms with Crippen LogP contribution in [0.3, 0.4) is 0 Å². The molecule has 2 aliphatic carbocycles. The molecule has 36 heteroatoms. The van der Waals surface area contributed by atoms with Crippen LogP contribution < -0.4 is 9.47 Å². The Bertz CT molecular complexity index is 3290. The molecule has 83 heavy (non-hydrogen) atoms. The number of benzene rings is 2. The second kappa shape index (κ2) is 23.6. The van der Waals surface area contributed by atoms with E-state index in [-0.39, 0.29) is 78.3 Å². The Labute approximate surface area is 464 Å². The number of ether oxygens (including phenoxy) is 4. The first-order valence-corrected chi connectivity index (χ1v) is 24.4. The molecule has 0 atom stereocenters. The van der Waals surface area contributed by atoms with Crippen molar-refractivity contribution in [3.63, 3.8) is 0 Å². The number of nitrogens with zero attached hydrogens (tertiary/aromatic N) is 10. The molecule has 0 N–H and O–H groups in total. The lowest BCUT2D eigenvalue weighted by molar-refractivity contribution is -0.351. The molecule has 454 valence electrons. The van der Waals surface area contributed by atoms with Crippen molar-refractivity contribution in [2.75, 3.05) is 27.2 Å². The largest absolute Gasteiger partial charge is 0.437 e. The third-order valence-corrected chi connectivity index (χ3v) is 13.1. The van der Waals surface area contributed by atoms with Crippen molar-refractivity contribution in [2.45, 2.75) is 94.0 Å². The van der Waals surface area contributed by atoms with Crippen LogP contribution in [0.5, 0.6) is 11.5 Å². The highest BCUT2D eigenvalue weighted by molar-refractivity contribution is 6.34. The lowest BCUT2D eigenvalue weighted by Crippen LogP contribution is -2.51. The molecule has 2 saturated carbocycles. The molecule has 2 aliphatic rings. The van der Waals surface area contributed by atoms with Gasteiger partial charge in [-0.05, 0) is 68.0 Å². The Hall–Kier alpha value is -6.94. The van der Waals surface area contributed by atoms with Gasteiger partial charge in [0.1, 0.15) is 13.5 Å². The van der Waals surface area contributed by atoms with Crippen LogP contribution in [-0.2, 0) is 34.9 Å². The van der Waals surface area contributed by atoms with Crippen molar-refractivity contribution in [1.29, 1.82) is 0 Å². The number of halogens is 20. The molecule has 0 unspecified atom stereocenters. The first-order valence-electron chi connectivity index (χ1n) is 23.6. The first kappa shape index (κ1) is 63.6. The normalized spacial score (nSPS) is 14.5. The highest BCUT2D eigenvalue weighted by Gasteiger charge is 2.77. The van der Waals surface area contributed by atoms with Crippen LogP contribution >= 0.6 is 23.2 Å². The molecule has 0 saturated heterocycles. The summed E-state index contributed by atoms with van der Waals surface area (Å²) >= 11 is 12.5. The van der Waals surface area contributed by atoms with Crippen molar-refractivity contribution < 1.29 is 108 Å². The maximum Gasteiger partial charge on any atom is 0.437 e. The van der Waals surface area contributed by atoms with E-state index in [4.69, 9.17) is 32.7 Å². The number of hydrogen-bond acceptors (Lipinski definition) is 10. The van der Waals surface area contributed by atoms with Crippen molar-refractivity contribution in [3.8, 4) is 45.4 Å². The van der Waals surface area contributed by atoms with Gasteiger partial charge in [0.15, 0.2) is 34.5 Å².